The van der Waals surface area contributed by atoms with Crippen LogP contribution in [0, 0.1) is 13.8 Å². The smallest absolute Gasteiger partial charge is 0.266 e. The normalized spacial score (nSPS) is 25.0. The highest BCUT2D eigenvalue weighted by Gasteiger charge is 2.42. The van der Waals surface area contributed by atoms with Crippen molar-refractivity contribution in [1.82, 2.24) is 15.2 Å². The highest BCUT2D eigenvalue weighted by Crippen LogP contribution is 2.25. The van der Waals surface area contributed by atoms with Crippen molar-refractivity contribution in [3.63, 3.8) is 0 Å². The Balaban J connectivity index is 1.69. The molecular formula is C17H25N3O3S. The van der Waals surface area contributed by atoms with Crippen LogP contribution in [0.5, 0.6) is 0 Å². The molecule has 0 aromatic carbocycles. The topological polar surface area (TPSA) is 71.5 Å². The molecule has 1 aliphatic carbocycles. The minimum absolute atomic E-state index is 0.0544. The molecule has 1 atom stereocenters. The number of nitrogens with zero attached hydrogens (tertiary/aromatic N) is 2. The Labute approximate surface area is 146 Å². The van der Waals surface area contributed by atoms with Gasteiger partial charge in [-0.2, -0.15) is 0 Å². The quantitative estimate of drug-likeness (QED) is 0.905. The van der Waals surface area contributed by atoms with Crippen LogP contribution in [-0.4, -0.2) is 53.0 Å². The summed E-state index contributed by atoms with van der Waals surface area (Å²) < 4.78 is 5.77. The molecule has 2 aliphatic rings. The number of rotatable bonds is 3. The monoisotopic (exact) mass is 351 g/mol. The first-order valence-corrected chi connectivity index (χ1v) is 9.39. The molecule has 1 aromatic rings. The lowest BCUT2D eigenvalue weighted by molar-refractivity contribution is -0.154. The first-order chi connectivity index (χ1) is 11.4. The van der Waals surface area contributed by atoms with E-state index in [1.165, 1.54) is 11.3 Å². The van der Waals surface area contributed by atoms with E-state index < -0.39 is 5.60 Å². The van der Waals surface area contributed by atoms with Crippen molar-refractivity contribution in [3.05, 3.63) is 15.6 Å². The number of ether oxygens (including phenoxy) is 1. The van der Waals surface area contributed by atoms with E-state index in [-0.39, 0.29) is 24.4 Å². The lowest BCUT2D eigenvalue weighted by Crippen LogP contribution is -2.60. The Kier molecular flexibility index (Phi) is 4.92. The molecular weight excluding hydrogens is 326 g/mol. The Morgan fingerprint density at radius 3 is 2.67 bits per heavy atom. The molecule has 0 spiro atoms. The number of nitrogens with one attached hydrogen (secondary N) is 1. The Hall–Kier alpha value is -1.47. The second kappa shape index (κ2) is 6.80. The van der Waals surface area contributed by atoms with Gasteiger partial charge in [0.1, 0.15) is 4.88 Å². The SMILES string of the molecule is Cc1nc(C)c(C(=O)N2CCO[C@](C)(C(=O)NC3CCCC3)C2)s1. The van der Waals surface area contributed by atoms with Gasteiger partial charge in [-0.3, -0.25) is 9.59 Å². The van der Waals surface area contributed by atoms with Gasteiger partial charge in [0.25, 0.3) is 11.8 Å². The van der Waals surface area contributed by atoms with E-state index in [0.717, 1.165) is 36.4 Å². The third-order valence-electron chi connectivity index (χ3n) is 4.83. The number of hydrogen-bond donors (Lipinski definition) is 1. The number of carbonyl (C=O) groups excluding carboxylic acids is 2. The number of aryl methyl sites for hydroxylation is 2. The van der Waals surface area contributed by atoms with E-state index >= 15 is 0 Å². The van der Waals surface area contributed by atoms with E-state index in [4.69, 9.17) is 4.74 Å². The van der Waals surface area contributed by atoms with Crippen LogP contribution in [0.4, 0.5) is 0 Å². The van der Waals surface area contributed by atoms with Crippen LogP contribution in [0.15, 0.2) is 0 Å². The zero-order valence-electron chi connectivity index (χ0n) is 14.6. The standard InChI is InChI=1S/C17H25N3O3S/c1-11-14(24-12(2)18-11)15(21)20-8-9-23-17(3,10-20)16(22)19-13-6-4-5-7-13/h13H,4-10H2,1-3H3,(H,19,22)/t17-/m0/s1. The summed E-state index contributed by atoms with van der Waals surface area (Å²) in [7, 11) is 0. The number of amides is 2. The lowest BCUT2D eigenvalue weighted by Gasteiger charge is -2.39. The van der Waals surface area contributed by atoms with Gasteiger partial charge in [0.15, 0.2) is 5.60 Å². The zero-order chi connectivity index (χ0) is 17.3. The number of thiazole rings is 1. The zero-order valence-corrected chi connectivity index (χ0v) is 15.4. The van der Waals surface area contributed by atoms with Gasteiger partial charge in [-0.1, -0.05) is 12.8 Å². The van der Waals surface area contributed by atoms with Crippen molar-refractivity contribution < 1.29 is 14.3 Å². The Bertz CT molecular complexity index is 639. The highest BCUT2D eigenvalue weighted by atomic mass is 32.1. The van der Waals surface area contributed by atoms with Crippen molar-refractivity contribution >= 4 is 23.2 Å². The van der Waals surface area contributed by atoms with Crippen molar-refractivity contribution in [2.45, 2.75) is 58.1 Å². The number of carbonyl (C=O) groups is 2. The van der Waals surface area contributed by atoms with Crippen molar-refractivity contribution in [3.8, 4) is 0 Å². The molecule has 0 bridgehead atoms. The fraction of sp³-hybridized carbons (Fsp3) is 0.706. The predicted molar refractivity (Wildman–Crippen MR) is 92.2 cm³/mol. The van der Waals surface area contributed by atoms with E-state index in [1.807, 2.05) is 13.8 Å². The number of hydrogen-bond acceptors (Lipinski definition) is 5. The molecule has 2 heterocycles. The molecule has 3 rings (SSSR count). The van der Waals surface area contributed by atoms with Gasteiger partial charge in [0.05, 0.1) is 23.9 Å². The van der Waals surface area contributed by atoms with Gasteiger partial charge in [0, 0.05) is 12.6 Å². The van der Waals surface area contributed by atoms with E-state index in [2.05, 4.69) is 10.3 Å². The molecule has 1 saturated carbocycles. The van der Waals surface area contributed by atoms with Gasteiger partial charge >= 0.3 is 0 Å². The summed E-state index contributed by atoms with van der Waals surface area (Å²) in [6, 6.07) is 0.246. The van der Waals surface area contributed by atoms with Crippen molar-refractivity contribution in [2.75, 3.05) is 19.7 Å². The predicted octanol–water partition coefficient (Wildman–Crippen LogP) is 2.05. The third kappa shape index (κ3) is 3.47. The molecule has 2 fully saturated rings. The summed E-state index contributed by atoms with van der Waals surface area (Å²) in [6.45, 7) is 6.68. The fourth-order valence-corrected chi connectivity index (χ4v) is 4.35. The first kappa shape index (κ1) is 17.4. The van der Waals surface area contributed by atoms with Crippen LogP contribution in [-0.2, 0) is 9.53 Å². The van der Waals surface area contributed by atoms with Gasteiger partial charge in [0.2, 0.25) is 0 Å². The molecule has 132 valence electrons. The summed E-state index contributed by atoms with van der Waals surface area (Å²) >= 11 is 1.41. The van der Waals surface area contributed by atoms with Gasteiger partial charge in [-0.05, 0) is 33.6 Å². The summed E-state index contributed by atoms with van der Waals surface area (Å²) in [5.41, 5.74) is -0.226. The van der Waals surface area contributed by atoms with Crippen molar-refractivity contribution in [2.24, 2.45) is 0 Å². The summed E-state index contributed by atoms with van der Waals surface area (Å²) in [5, 5.41) is 3.97. The molecule has 1 N–H and O–H groups in total. The van der Waals surface area contributed by atoms with Crippen LogP contribution >= 0.6 is 11.3 Å². The van der Waals surface area contributed by atoms with Gasteiger partial charge < -0.3 is 15.0 Å². The second-order valence-electron chi connectivity index (χ2n) is 6.91. The summed E-state index contributed by atoms with van der Waals surface area (Å²) in [5.74, 6) is -0.162. The summed E-state index contributed by atoms with van der Waals surface area (Å²) in [4.78, 5) is 32.2. The molecule has 1 aliphatic heterocycles. The minimum atomic E-state index is -0.982. The number of aromatic nitrogens is 1. The average Bonchev–Trinajstić information content (AvgIpc) is 3.16. The van der Waals surface area contributed by atoms with Crippen LogP contribution in [0.3, 0.4) is 0 Å². The fourth-order valence-electron chi connectivity index (χ4n) is 3.46. The van der Waals surface area contributed by atoms with E-state index in [9.17, 15) is 9.59 Å². The molecule has 7 heteroatoms. The average molecular weight is 351 g/mol. The molecule has 1 saturated heterocycles. The van der Waals surface area contributed by atoms with E-state index in [1.54, 1.807) is 11.8 Å². The molecule has 1 aromatic heterocycles. The largest absolute Gasteiger partial charge is 0.362 e. The first-order valence-electron chi connectivity index (χ1n) is 8.57. The van der Waals surface area contributed by atoms with Crippen LogP contribution < -0.4 is 5.32 Å². The van der Waals surface area contributed by atoms with Gasteiger partial charge in [-0.25, -0.2) is 4.98 Å². The maximum atomic E-state index is 12.8. The lowest BCUT2D eigenvalue weighted by atomic mass is 10.0. The van der Waals surface area contributed by atoms with Crippen LogP contribution in [0.1, 0.15) is 53.0 Å². The molecule has 0 unspecified atom stereocenters. The Morgan fingerprint density at radius 2 is 2.04 bits per heavy atom. The van der Waals surface area contributed by atoms with E-state index in [0.29, 0.717) is 18.0 Å². The minimum Gasteiger partial charge on any atom is -0.362 e. The highest BCUT2D eigenvalue weighted by molar-refractivity contribution is 7.13. The molecule has 6 nitrogen and oxygen atoms in total. The van der Waals surface area contributed by atoms with Crippen LogP contribution in [0.2, 0.25) is 0 Å². The second-order valence-corrected chi connectivity index (χ2v) is 8.11. The third-order valence-corrected chi connectivity index (χ3v) is 5.89. The Morgan fingerprint density at radius 1 is 1.33 bits per heavy atom. The number of morpholine rings is 1. The molecule has 2 amide bonds. The van der Waals surface area contributed by atoms with Crippen LogP contribution in [0.25, 0.3) is 0 Å². The maximum Gasteiger partial charge on any atom is 0.266 e. The van der Waals surface area contributed by atoms with Crippen molar-refractivity contribution in [1.29, 1.82) is 0 Å². The maximum absolute atomic E-state index is 12.8. The summed E-state index contributed by atoms with van der Waals surface area (Å²) in [6.07, 6.45) is 4.39. The molecule has 24 heavy (non-hydrogen) atoms. The molecule has 0 radical (unpaired) electrons. The van der Waals surface area contributed by atoms with Gasteiger partial charge in [-0.15, -0.1) is 11.3 Å².